The Bertz CT molecular complexity index is 667. The molecule has 1 heterocycles. The molecule has 0 aliphatic heterocycles. The van der Waals surface area contributed by atoms with Crippen LogP contribution in [-0.2, 0) is 4.74 Å². The highest BCUT2D eigenvalue weighted by Crippen LogP contribution is 2.30. The van der Waals surface area contributed by atoms with Crippen molar-refractivity contribution in [1.82, 2.24) is 9.78 Å². The lowest BCUT2D eigenvalue weighted by molar-refractivity contribution is 0.0518. The molecule has 5 nitrogen and oxygen atoms in total. The minimum Gasteiger partial charge on any atom is -0.508 e. The van der Waals surface area contributed by atoms with E-state index in [1.807, 2.05) is 13.8 Å². The van der Waals surface area contributed by atoms with Crippen LogP contribution in [0.25, 0.3) is 0 Å². The zero-order valence-corrected chi connectivity index (χ0v) is 12.9. The van der Waals surface area contributed by atoms with Gasteiger partial charge in [0.25, 0.3) is 0 Å². The molecular weight excluding hydrogens is 292 g/mol. The summed E-state index contributed by atoms with van der Waals surface area (Å²) in [4.78, 5) is 11.7. The average molecular weight is 309 g/mol. The molecule has 0 fully saturated rings. The number of halogens is 1. The lowest BCUT2D eigenvalue weighted by atomic mass is 10.1. The molecular formula is C15H17ClN2O3. The minimum atomic E-state index is -0.457. The third-order valence-corrected chi connectivity index (χ3v) is 3.45. The lowest BCUT2D eigenvalue weighted by Gasteiger charge is -2.16. The van der Waals surface area contributed by atoms with E-state index in [4.69, 9.17) is 16.3 Å². The number of ether oxygens (including phenoxy) is 1. The number of nitrogens with zero attached hydrogens (tertiary/aromatic N) is 2. The second-order valence-corrected chi connectivity index (χ2v) is 5.15. The van der Waals surface area contributed by atoms with Crippen LogP contribution < -0.4 is 0 Å². The number of aryl methyl sites for hydroxylation is 1. The zero-order valence-electron chi connectivity index (χ0n) is 12.1. The summed E-state index contributed by atoms with van der Waals surface area (Å²) >= 11 is 5.97. The van der Waals surface area contributed by atoms with Gasteiger partial charge in [0.1, 0.15) is 5.75 Å². The summed E-state index contributed by atoms with van der Waals surface area (Å²) in [5, 5.41) is 14.8. The predicted octanol–water partition coefficient (Wildman–Crippen LogP) is 3.34. The van der Waals surface area contributed by atoms with Gasteiger partial charge in [-0.15, -0.1) is 0 Å². The van der Waals surface area contributed by atoms with E-state index >= 15 is 0 Å². The van der Waals surface area contributed by atoms with Gasteiger partial charge < -0.3 is 9.84 Å². The number of aromatic hydroxyl groups is 1. The molecule has 1 aromatic carbocycles. The number of hydrogen-bond donors (Lipinski definition) is 1. The molecule has 21 heavy (non-hydrogen) atoms. The van der Waals surface area contributed by atoms with Crippen molar-refractivity contribution in [2.75, 3.05) is 6.61 Å². The fourth-order valence-corrected chi connectivity index (χ4v) is 2.36. The zero-order chi connectivity index (χ0) is 15.6. The molecule has 0 saturated carbocycles. The van der Waals surface area contributed by atoms with Crippen LogP contribution in [0.2, 0.25) is 5.02 Å². The van der Waals surface area contributed by atoms with Gasteiger partial charge in [0.15, 0.2) is 5.69 Å². The highest BCUT2D eigenvalue weighted by atomic mass is 35.5. The van der Waals surface area contributed by atoms with E-state index < -0.39 is 5.97 Å². The van der Waals surface area contributed by atoms with Gasteiger partial charge in [0.05, 0.1) is 12.6 Å². The number of carbonyl (C=O) groups excluding carboxylic acids is 1. The van der Waals surface area contributed by atoms with Crippen LogP contribution in [-0.4, -0.2) is 27.5 Å². The van der Waals surface area contributed by atoms with E-state index in [9.17, 15) is 9.90 Å². The minimum absolute atomic E-state index is 0.138. The molecule has 6 heteroatoms. The summed E-state index contributed by atoms with van der Waals surface area (Å²) in [6, 6.07) is 6.25. The molecule has 0 amide bonds. The van der Waals surface area contributed by atoms with Gasteiger partial charge in [-0.05, 0) is 45.0 Å². The van der Waals surface area contributed by atoms with Crippen LogP contribution in [0, 0.1) is 6.92 Å². The van der Waals surface area contributed by atoms with Gasteiger partial charge in [-0.1, -0.05) is 11.6 Å². The fourth-order valence-electron chi connectivity index (χ4n) is 2.18. The van der Waals surface area contributed by atoms with E-state index in [1.165, 1.54) is 0 Å². The van der Waals surface area contributed by atoms with Gasteiger partial charge in [-0.25, -0.2) is 4.79 Å². The van der Waals surface area contributed by atoms with Crippen LogP contribution >= 0.6 is 11.6 Å². The molecule has 1 aromatic heterocycles. The summed E-state index contributed by atoms with van der Waals surface area (Å²) in [7, 11) is 0. The van der Waals surface area contributed by atoms with Crippen LogP contribution in [0.15, 0.2) is 24.3 Å². The van der Waals surface area contributed by atoms with Crippen molar-refractivity contribution < 1.29 is 14.6 Å². The van der Waals surface area contributed by atoms with Crippen molar-refractivity contribution in [1.29, 1.82) is 0 Å². The summed E-state index contributed by atoms with van der Waals surface area (Å²) in [5.74, 6) is -0.318. The Balaban J connectivity index is 2.37. The topological polar surface area (TPSA) is 64.3 Å². The highest BCUT2D eigenvalue weighted by molar-refractivity contribution is 6.30. The first-order valence-corrected chi connectivity index (χ1v) is 7.03. The molecule has 0 radical (unpaired) electrons. The van der Waals surface area contributed by atoms with Crippen molar-refractivity contribution in [2.24, 2.45) is 0 Å². The van der Waals surface area contributed by atoms with Gasteiger partial charge >= 0.3 is 5.97 Å². The van der Waals surface area contributed by atoms with Gasteiger partial charge in [-0.2, -0.15) is 5.10 Å². The Labute approximate surface area is 128 Å². The van der Waals surface area contributed by atoms with Crippen molar-refractivity contribution in [3.8, 4) is 5.75 Å². The fraction of sp³-hybridized carbons (Fsp3) is 0.333. The van der Waals surface area contributed by atoms with E-state index in [-0.39, 0.29) is 17.5 Å². The summed E-state index contributed by atoms with van der Waals surface area (Å²) in [6.45, 7) is 5.76. The van der Waals surface area contributed by atoms with Gasteiger partial charge in [0.2, 0.25) is 0 Å². The maximum absolute atomic E-state index is 11.7. The van der Waals surface area contributed by atoms with Crippen LogP contribution in [0.5, 0.6) is 5.75 Å². The van der Waals surface area contributed by atoms with E-state index in [0.717, 1.165) is 5.69 Å². The van der Waals surface area contributed by atoms with Gasteiger partial charge in [-0.3, -0.25) is 4.68 Å². The van der Waals surface area contributed by atoms with Crippen molar-refractivity contribution >= 4 is 17.6 Å². The van der Waals surface area contributed by atoms with Crippen molar-refractivity contribution in [3.63, 3.8) is 0 Å². The molecule has 0 aliphatic carbocycles. The first-order valence-electron chi connectivity index (χ1n) is 6.65. The predicted molar refractivity (Wildman–Crippen MR) is 79.9 cm³/mol. The maximum atomic E-state index is 11.7. The Kier molecular flexibility index (Phi) is 4.53. The number of phenolic OH excluding ortho intramolecular Hbond substituents is 1. The first kappa shape index (κ1) is 15.4. The largest absolute Gasteiger partial charge is 0.508 e. The van der Waals surface area contributed by atoms with E-state index in [2.05, 4.69) is 5.10 Å². The second kappa shape index (κ2) is 6.18. The van der Waals surface area contributed by atoms with Crippen LogP contribution in [0.3, 0.4) is 0 Å². The van der Waals surface area contributed by atoms with Gasteiger partial charge in [0, 0.05) is 16.3 Å². The second-order valence-electron chi connectivity index (χ2n) is 4.72. The standard InChI is InChI=1S/C15H17ClN2O3/c1-4-21-15(20)13-7-9(2)18(17-13)10(3)12-8-11(16)5-6-14(12)19/h5-8,10,19H,4H2,1-3H3. The lowest BCUT2D eigenvalue weighted by Crippen LogP contribution is -2.12. The molecule has 0 spiro atoms. The number of esters is 1. The quantitative estimate of drug-likeness (QED) is 0.880. The first-order chi connectivity index (χ1) is 9.93. The number of hydrogen-bond acceptors (Lipinski definition) is 4. The van der Waals surface area contributed by atoms with Crippen LogP contribution in [0.4, 0.5) is 0 Å². The Morgan fingerprint density at radius 2 is 2.19 bits per heavy atom. The van der Waals surface area contributed by atoms with Crippen molar-refractivity contribution in [2.45, 2.75) is 26.8 Å². The number of phenols is 1. The van der Waals surface area contributed by atoms with E-state index in [0.29, 0.717) is 17.2 Å². The summed E-state index contributed by atoms with van der Waals surface area (Å²) in [6.07, 6.45) is 0. The van der Waals surface area contributed by atoms with Crippen LogP contribution in [0.1, 0.15) is 41.6 Å². The monoisotopic (exact) mass is 308 g/mol. The summed E-state index contributed by atoms with van der Waals surface area (Å²) < 4.78 is 6.60. The maximum Gasteiger partial charge on any atom is 0.358 e. The molecule has 2 rings (SSSR count). The molecule has 2 aromatic rings. The number of aromatic nitrogens is 2. The number of benzene rings is 1. The molecule has 112 valence electrons. The van der Waals surface area contributed by atoms with E-state index in [1.54, 1.807) is 35.9 Å². The Hall–Kier alpha value is -2.01. The number of carbonyl (C=O) groups is 1. The molecule has 1 unspecified atom stereocenters. The smallest absolute Gasteiger partial charge is 0.358 e. The normalized spacial score (nSPS) is 12.2. The summed E-state index contributed by atoms with van der Waals surface area (Å²) in [5.41, 5.74) is 1.69. The number of rotatable bonds is 4. The highest BCUT2D eigenvalue weighted by Gasteiger charge is 2.19. The molecule has 1 N–H and O–H groups in total. The van der Waals surface area contributed by atoms with Crippen molar-refractivity contribution in [3.05, 3.63) is 46.2 Å². The molecule has 0 aliphatic rings. The molecule has 0 saturated heterocycles. The molecule has 1 atom stereocenters. The SMILES string of the molecule is CCOC(=O)c1cc(C)n(C(C)c2cc(Cl)ccc2O)n1. The average Bonchev–Trinajstić information content (AvgIpc) is 2.83. The Morgan fingerprint density at radius 3 is 2.86 bits per heavy atom. The molecule has 0 bridgehead atoms. The third kappa shape index (κ3) is 3.19. The Morgan fingerprint density at radius 1 is 1.48 bits per heavy atom. The third-order valence-electron chi connectivity index (χ3n) is 3.21.